The van der Waals surface area contributed by atoms with Crippen LogP contribution >= 0.6 is 0 Å². The van der Waals surface area contributed by atoms with Gasteiger partial charge in [-0.25, -0.2) is 4.98 Å². The van der Waals surface area contributed by atoms with E-state index < -0.39 is 0 Å². The van der Waals surface area contributed by atoms with Gasteiger partial charge in [-0.15, -0.1) is 0 Å². The van der Waals surface area contributed by atoms with E-state index in [4.69, 9.17) is 10.3 Å². The van der Waals surface area contributed by atoms with E-state index in [0.717, 1.165) is 43.7 Å². The van der Waals surface area contributed by atoms with Crippen LogP contribution < -0.4 is 10.6 Å². The van der Waals surface area contributed by atoms with Crippen LogP contribution in [0.25, 0.3) is 11.4 Å². The van der Waals surface area contributed by atoms with Crippen LogP contribution in [-0.2, 0) is 6.42 Å². The number of hydrogen-bond donors (Lipinski definition) is 1. The summed E-state index contributed by atoms with van der Waals surface area (Å²) < 4.78 is 5.54. The van der Waals surface area contributed by atoms with Gasteiger partial charge < -0.3 is 15.2 Å². The van der Waals surface area contributed by atoms with E-state index in [1.54, 1.807) is 0 Å². The smallest absolute Gasteiger partial charge is 0.227 e. The van der Waals surface area contributed by atoms with Crippen molar-refractivity contribution in [2.75, 3.05) is 24.5 Å². The molecule has 0 unspecified atom stereocenters. The number of piperidine rings is 1. The molecule has 0 spiro atoms. The van der Waals surface area contributed by atoms with Gasteiger partial charge in [-0.3, -0.25) is 0 Å². The second-order valence-corrected chi connectivity index (χ2v) is 7.91. The molecule has 2 aromatic heterocycles. The van der Waals surface area contributed by atoms with Crippen molar-refractivity contribution >= 4 is 5.82 Å². The Hall–Kier alpha value is -1.95. The molecule has 2 fully saturated rings. The third-order valence-corrected chi connectivity index (χ3v) is 6.03. The quantitative estimate of drug-likeness (QED) is 0.883. The van der Waals surface area contributed by atoms with Crippen molar-refractivity contribution in [3.05, 3.63) is 24.2 Å². The normalized spacial score (nSPS) is 20.3. The lowest BCUT2D eigenvalue weighted by atomic mass is 9.72. The molecule has 3 heterocycles. The highest BCUT2D eigenvalue weighted by Gasteiger charge is 2.33. The van der Waals surface area contributed by atoms with Crippen molar-refractivity contribution in [1.29, 1.82) is 0 Å². The fraction of sp³-hybridized carbons (Fsp3) is 0.650. The molecule has 1 aliphatic heterocycles. The number of anilines is 1. The van der Waals surface area contributed by atoms with Gasteiger partial charge in [-0.2, -0.15) is 4.98 Å². The van der Waals surface area contributed by atoms with Gasteiger partial charge in [0.2, 0.25) is 11.7 Å². The van der Waals surface area contributed by atoms with Gasteiger partial charge in [-0.1, -0.05) is 24.4 Å². The first-order valence-electron chi connectivity index (χ1n) is 10.0. The zero-order chi connectivity index (χ0) is 17.8. The molecule has 0 bridgehead atoms. The van der Waals surface area contributed by atoms with Crippen LogP contribution in [0.4, 0.5) is 5.82 Å². The molecule has 140 valence electrons. The summed E-state index contributed by atoms with van der Waals surface area (Å²) >= 11 is 0. The molecule has 1 saturated heterocycles. The van der Waals surface area contributed by atoms with Crippen molar-refractivity contribution in [2.24, 2.45) is 11.1 Å². The van der Waals surface area contributed by atoms with Gasteiger partial charge in [-0.05, 0) is 56.2 Å². The highest BCUT2D eigenvalue weighted by atomic mass is 16.5. The first kappa shape index (κ1) is 17.5. The largest absolute Gasteiger partial charge is 0.357 e. The summed E-state index contributed by atoms with van der Waals surface area (Å²) in [6.45, 7) is 2.89. The minimum absolute atomic E-state index is 0.137. The first-order valence-corrected chi connectivity index (χ1v) is 10.0. The Labute approximate surface area is 155 Å². The van der Waals surface area contributed by atoms with Crippen LogP contribution in [0.15, 0.2) is 22.9 Å². The van der Waals surface area contributed by atoms with Crippen molar-refractivity contribution in [1.82, 2.24) is 15.1 Å². The Bertz CT molecular complexity index is 699. The van der Waals surface area contributed by atoms with Crippen LogP contribution in [0, 0.1) is 5.41 Å². The predicted octanol–water partition coefficient (Wildman–Crippen LogP) is 3.57. The minimum atomic E-state index is 0.137. The van der Waals surface area contributed by atoms with Gasteiger partial charge in [0.1, 0.15) is 5.82 Å². The predicted molar refractivity (Wildman–Crippen MR) is 102 cm³/mol. The van der Waals surface area contributed by atoms with E-state index in [1.165, 1.54) is 38.5 Å². The lowest BCUT2D eigenvalue weighted by molar-refractivity contribution is 0.177. The number of aromatic nitrogens is 3. The Balaban J connectivity index is 1.45. The molecule has 2 aliphatic rings. The molecule has 2 aromatic rings. The molecule has 0 amide bonds. The molecule has 6 nitrogen and oxygen atoms in total. The average molecular weight is 355 g/mol. The fourth-order valence-corrected chi connectivity index (χ4v) is 4.35. The Kier molecular flexibility index (Phi) is 5.20. The molecular weight excluding hydrogens is 326 g/mol. The van der Waals surface area contributed by atoms with E-state index in [1.807, 2.05) is 12.3 Å². The molecule has 1 saturated carbocycles. The first-order chi connectivity index (χ1) is 12.8. The van der Waals surface area contributed by atoms with Gasteiger partial charge in [0.25, 0.3) is 0 Å². The lowest BCUT2D eigenvalue weighted by Crippen LogP contribution is -2.35. The molecule has 0 atom stereocenters. The van der Waals surface area contributed by atoms with E-state index in [0.29, 0.717) is 18.3 Å². The Morgan fingerprint density at radius 2 is 1.81 bits per heavy atom. The summed E-state index contributed by atoms with van der Waals surface area (Å²) in [6, 6.07) is 4.12. The molecule has 4 rings (SSSR count). The maximum Gasteiger partial charge on any atom is 0.227 e. The molecule has 6 heteroatoms. The highest BCUT2D eigenvalue weighted by molar-refractivity contribution is 5.55. The fourth-order valence-electron chi connectivity index (χ4n) is 4.35. The summed E-state index contributed by atoms with van der Waals surface area (Å²) in [5.74, 6) is 2.37. The summed E-state index contributed by atoms with van der Waals surface area (Å²) in [5.41, 5.74) is 7.13. The highest BCUT2D eigenvalue weighted by Crippen LogP contribution is 2.38. The monoisotopic (exact) mass is 355 g/mol. The number of hydrogen-bond acceptors (Lipinski definition) is 6. The van der Waals surface area contributed by atoms with E-state index in [9.17, 15) is 0 Å². The SMILES string of the molecule is NCC1(Cc2nc(-c3ccc(N4CCCCC4)nc3)no2)CCCCC1. The van der Waals surface area contributed by atoms with Crippen LogP contribution in [0.3, 0.4) is 0 Å². The summed E-state index contributed by atoms with van der Waals surface area (Å²) in [5, 5.41) is 4.18. The van der Waals surface area contributed by atoms with Crippen molar-refractivity contribution < 1.29 is 4.52 Å². The van der Waals surface area contributed by atoms with E-state index in [2.05, 4.69) is 26.1 Å². The van der Waals surface area contributed by atoms with Gasteiger partial charge in [0, 0.05) is 31.3 Å². The van der Waals surface area contributed by atoms with Gasteiger partial charge in [0.05, 0.1) is 0 Å². The second kappa shape index (κ2) is 7.74. The number of nitrogens with two attached hydrogens (primary N) is 1. The number of pyridine rings is 1. The molecule has 1 aliphatic carbocycles. The second-order valence-electron chi connectivity index (χ2n) is 7.91. The number of rotatable bonds is 5. The summed E-state index contributed by atoms with van der Waals surface area (Å²) in [4.78, 5) is 11.6. The molecule has 26 heavy (non-hydrogen) atoms. The van der Waals surface area contributed by atoms with Crippen LogP contribution in [0.2, 0.25) is 0 Å². The molecule has 2 N–H and O–H groups in total. The number of nitrogens with zero attached hydrogens (tertiary/aromatic N) is 4. The van der Waals surface area contributed by atoms with Crippen molar-refractivity contribution in [3.8, 4) is 11.4 Å². The average Bonchev–Trinajstić information content (AvgIpc) is 3.18. The van der Waals surface area contributed by atoms with E-state index in [-0.39, 0.29) is 5.41 Å². The standard InChI is InChI=1S/C20H29N5O/c21-15-20(9-3-1-4-10-20)13-18-23-19(24-26-18)16-7-8-17(22-14-16)25-11-5-2-6-12-25/h7-8,14H,1-6,9-13,15,21H2. The minimum Gasteiger partial charge on any atom is -0.357 e. The molecular formula is C20H29N5O. The molecule has 0 radical (unpaired) electrons. The Morgan fingerprint density at radius 1 is 1.04 bits per heavy atom. The Morgan fingerprint density at radius 3 is 2.50 bits per heavy atom. The van der Waals surface area contributed by atoms with E-state index >= 15 is 0 Å². The third kappa shape index (κ3) is 3.75. The zero-order valence-corrected chi connectivity index (χ0v) is 15.5. The summed E-state index contributed by atoms with van der Waals surface area (Å²) in [6.07, 6.45) is 12.6. The van der Waals surface area contributed by atoms with Gasteiger partial charge in [0.15, 0.2) is 0 Å². The van der Waals surface area contributed by atoms with Crippen molar-refractivity contribution in [2.45, 2.75) is 57.8 Å². The maximum atomic E-state index is 6.09. The topological polar surface area (TPSA) is 81.1 Å². The maximum absolute atomic E-state index is 6.09. The lowest BCUT2D eigenvalue weighted by Gasteiger charge is -2.34. The zero-order valence-electron chi connectivity index (χ0n) is 15.5. The van der Waals surface area contributed by atoms with Crippen molar-refractivity contribution in [3.63, 3.8) is 0 Å². The van der Waals surface area contributed by atoms with Crippen LogP contribution in [-0.4, -0.2) is 34.8 Å². The van der Waals surface area contributed by atoms with Gasteiger partial charge >= 0.3 is 0 Å². The summed E-state index contributed by atoms with van der Waals surface area (Å²) in [7, 11) is 0. The van der Waals surface area contributed by atoms with Crippen LogP contribution in [0.5, 0.6) is 0 Å². The van der Waals surface area contributed by atoms with Crippen LogP contribution in [0.1, 0.15) is 57.3 Å². The molecule has 0 aromatic carbocycles. The third-order valence-electron chi connectivity index (χ3n) is 6.03.